The van der Waals surface area contributed by atoms with Gasteiger partial charge < -0.3 is 14.5 Å². The third-order valence-corrected chi connectivity index (χ3v) is 7.51. The Bertz CT molecular complexity index is 1540. The van der Waals surface area contributed by atoms with E-state index in [2.05, 4.69) is 5.32 Å². The molecule has 186 valence electrons. The fourth-order valence-corrected chi connectivity index (χ4v) is 5.87. The Hall–Kier alpha value is -3.92. The van der Waals surface area contributed by atoms with Crippen LogP contribution in [0.25, 0.3) is 10.2 Å². The predicted molar refractivity (Wildman–Crippen MR) is 136 cm³/mol. The lowest BCUT2D eigenvalue weighted by atomic mass is 9.97. The van der Waals surface area contributed by atoms with E-state index in [9.17, 15) is 19.2 Å². The molecule has 0 atom stereocenters. The maximum absolute atomic E-state index is 13.5. The van der Waals surface area contributed by atoms with Crippen LogP contribution >= 0.6 is 11.3 Å². The van der Waals surface area contributed by atoms with Crippen molar-refractivity contribution in [2.24, 2.45) is 0 Å². The third kappa shape index (κ3) is 4.51. The Morgan fingerprint density at radius 1 is 1.08 bits per heavy atom. The van der Waals surface area contributed by atoms with Gasteiger partial charge in [-0.05, 0) is 74.6 Å². The summed E-state index contributed by atoms with van der Waals surface area (Å²) >= 11 is 1.42. The number of carbonyl (C=O) groups excluding carboxylic acids is 2. The number of amides is 1. The van der Waals surface area contributed by atoms with Crippen molar-refractivity contribution in [2.45, 2.75) is 45.7 Å². The zero-order chi connectivity index (χ0) is 25.2. The molecule has 0 unspecified atom stereocenters. The third-order valence-electron chi connectivity index (χ3n) is 6.19. The molecule has 1 aliphatic carbocycles. The van der Waals surface area contributed by atoms with E-state index < -0.39 is 17.6 Å². The molecule has 1 aromatic carbocycles. The van der Waals surface area contributed by atoms with Crippen molar-refractivity contribution in [3.05, 3.63) is 85.3 Å². The first-order valence-corrected chi connectivity index (χ1v) is 12.6. The molecule has 0 radical (unpaired) electrons. The predicted octanol–water partition coefficient (Wildman–Crippen LogP) is 3.56. The van der Waals surface area contributed by atoms with Gasteiger partial charge in [-0.15, -0.1) is 11.3 Å². The van der Waals surface area contributed by atoms with E-state index >= 15 is 0 Å². The number of aryl methyl sites for hydroxylation is 2. The Labute approximate surface area is 209 Å². The molecule has 0 saturated heterocycles. The summed E-state index contributed by atoms with van der Waals surface area (Å²) in [5.41, 5.74) is 0.934. The highest BCUT2D eigenvalue weighted by Gasteiger charge is 2.25. The summed E-state index contributed by atoms with van der Waals surface area (Å²) in [7, 11) is 0. The first kappa shape index (κ1) is 23.8. The van der Waals surface area contributed by atoms with Gasteiger partial charge in [0.2, 0.25) is 5.91 Å². The summed E-state index contributed by atoms with van der Waals surface area (Å²) in [4.78, 5) is 53.4. The van der Waals surface area contributed by atoms with Crippen LogP contribution in [0.15, 0.2) is 56.7 Å². The van der Waals surface area contributed by atoms with E-state index in [1.165, 1.54) is 22.2 Å². The highest BCUT2D eigenvalue weighted by Crippen LogP contribution is 2.34. The van der Waals surface area contributed by atoms with E-state index in [-0.39, 0.29) is 25.3 Å². The SMILES string of the molecule is CCOC(=O)c1ccc(NC(=O)Cn2c(=O)n(Cc3ccco3)c(=O)c3c4c(sc32)CCCC4)cc1. The van der Waals surface area contributed by atoms with Gasteiger partial charge in [0.1, 0.15) is 17.1 Å². The van der Waals surface area contributed by atoms with E-state index in [0.717, 1.165) is 40.7 Å². The van der Waals surface area contributed by atoms with Crippen LogP contribution < -0.4 is 16.6 Å². The van der Waals surface area contributed by atoms with E-state index in [1.807, 2.05) is 0 Å². The number of hydrogen-bond acceptors (Lipinski definition) is 7. The number of benzene rings is 1. The quantitative estimate of drug-likeness (QED) is 0.383. The Kier molecular flexibility index (Phi) is 6.60. The minimum Gasteiger partial charge on any atom is -0.467 e. The van der Waals surface area contributed by atoms with Gasteiger partial charge in [-0.2, -0.15) is 0 Å². The Balaban J connectivity index is 1.49. The lowest BCUT2D eigenvalue weighted by Crippen LogP contribution is -2.41. The zero-order valence-corrected chi connectivity index (χ0v) is 20.6. The number of hydrogen-bond donors (Lipinski definition) is 1. The molecular weight excluding hydrogens is 482 g/mol. The fourth-order valence-electron chi connectivity index (χ4n) is 4.50. The molecule has 9 nitrogen and oxygen atoms in total. The van der Waals surface area contributed by atoms with Crippen LogP contribution in [0, 0.1) is 0 Å². The molecule has 0 saturated carbocycles. The molecule has 0 fully saturated rings. The molecule has 4 aromatic rings. The lowest BCUT2D eigenvalue weighted by molar-refractivity contribution is -0.116. The van der Waals surface area contributed by atoms with E-state index in [0.29, 0.717) is 27.2 Å². The molecule has 0 bridgehead atoms. The highest BCUT2D eigenvalue weighted by molar-refractivity contribution is 7.18. The van der Waals surface area contributed by atoms with Gasteiger partial charge in [-0.1, -0.05) is 0 Å². The number of furan rings is 1. The number of nitrogens with one attached hydrogen (secondary N) is 1. The minimum absolute atomic E-state index is 0.0117. The average molecular weight is 508 g/mol. The smallest absolute Gasteiger partial charge is 0.338 e. The van der Waals surface area contributed by atoms with E-state index in [4.69, 9.17) is 9.15 Å². The minimum atomic E-state index is -0.560. The Morgan fingerprint density at radius 3 is 2.58 bits per heavy atom. The van der Waals surface area contributed by atoms with Crippen molar-refractivity contribution < 1.29 is 18.7 Å². The van der Waals surface area contributed by atoms with Crippen LogP contribution in [0.5, 0.6) is 0 Å². The second-order valence-corrected chi connectivity index (χ2v) is 9.66. The van der Waals surface area contributed by atoms with Gasteiger partial charge in [0, 0.05) is 10.6 Å². The van der Waals surface area contributed by atoms with Crippen molar-refractivity contribution >= 4 is 39.1 Å². The molecule has 10 heteroatoms. The van der Waals surface area contributed by atoms with Gasteiger partial charge in [0.05, 0.1) is 30.4 Å². The molecule has 5 rings (SSSR count). The number of anilines is 1. The highest BCUT2D eigenvalue weighted by atomic mass is 32.1. The van der Waals surface area contributed by atoms with Gasteiger partial charge in [-0.25, -0.2) is 9.59 Å². The van der Waals surface area contributed by atoms with Gasteiger partial charge in [-0.3, -0.25) is 18.7 Å². The van der Waals surface area contributed by atoms with Crippen molar-refractivity contribution in [3.8, 4) is 0 Å². The number of fused-ring (bicyclic) bond motifs is 3. The lowest BCUT2D eigenvalue weighted by Gasteiger charge is -2.13. The number of carbonyl (C=O) groups is 2. The van der Waals surface area contributed by atoms with Gasteiger partial charge in [0.15, 0.2) is 0 Å². The maximum atomic E-state index is 13.5. The van der Waals surface area contributed by atoms with Crippen LogP contribution in [0.2, 0.25) is 0 Å². The monoisotopic (exact) mass is 507 g/mol. The number of nitrogens with zero attached hydrogens (tertiary/aromatic N) is 2. The average Bonchev–Trinajstić information content (AvgIpc) is 3.53. The second-order valence-electron chi connectivity index (χ2n) is 8.58. The zero-order valence-electron chi connectivity index (χ0n) is 19.7. The van der Waals surface area contributed by atoms with Gasteiger partial charge in [0.25, 0.3) is 5.56 Å². The summed E-state index contributed by atoms with van der Waals surface area (Å²) in [5.74, 6) is -0.378. The second kappa shape index (κ2) is 9.98. The maximum Gasteiger partial charge on any atom is 0.338 e. The van der Waals surface area contributed by atoms with Crippen LogP contribution in [0.3, 0.4) is 0 Å². The summed E-state index contributed by atoms with van der Waals surface area (Å²) in [6.45, 7) is 1.73. The first-order chi connectivity index (χ1) is 17.5. The molecule has 3 aromatic heterocycles. The number of ether oxygens (including phenoxy) is 1. The van der Waals surface area contributed by atoms with Crippen molar-refractivity contribution in [1.82, 2.24) is 9.13 Å². The number of esters is 1. The summed E-state index contributed by atoms with van der Waals surface area (Å²) in [5, 5.41) is 3.29. The molecule has 3 heterocycles. The standard InChI is InChI=1S/C26H25N3O6S/c1-2-34-25(32)16-9-11-17(12-10-16)27-21(30)15-29-24-22(19-7-3-4-8-20(19)36-24)23(31)28(26(29)33)14-18-6-5-13-35-18/h5-6,9-13H,2-4,7-8,14-15H2,1H3,(H,27,30). The molecule has 0 aliphatic heterocycles. The molecule has 0 spiro atoms. The van der Waals surface area contributed by atoms with Crippen molar-refractivity contribution in [3.63, 3.8) is 0 Å². The summed E-state index contributed by atoms with van der Waals surface area (Å²) in [6.07, 6.45) is 5.15. The normalized spacial score (nSPS) is 12.9. The van der Waals surface area contributed by atoms with Crippen molar-refractivity contribution in [2.75, 3.05) is 11.9 Å². The summed E-state index contributed by atoms with van der Waals surface area (Å²) in [6, 6.07) is 9.73. The molecule has 1 amide bonds. The topological polar surface area (TPSA) is 113 Å². The first-order valence-electron chi connectivity index (χ1n) is 11.8. The number of rotatable bonds is 7. The van der Waals surface area contributed by atoms with E-state index in [1.54, 1.807) is 43.3 Å². The summed E-state index contributed by atoms with van der Waals surface area (Å²) < 4.78 is 12.9. The van der Waals surface area contributed by atoms with Crippen LogP contribution in [-0.4, -0.2) is 27.6 Å². The Morgan fingerprint density at radius 2 is 1.86 bits per heavy atom. The van der Waals surface area contributed by atoms with Crippen LogP contribution in [-0.2, 0) is 35.5 Å². The largest absolute Gasteiger partial charge is 0.467 e. The molecule has 36 heavy (non-hydrogen) atoms. The van der Waals surface area contributed by atoms with Crippen molar-refractivity contribution in [1.29, 1.82) is 0 Å². The van der Waals surface area contributed by atoms with Gasteiger partial charge >= 0.3 is 11.7 Å². The van der Waals surface area contributed by atoms with Crippen LogP contribution in [0.1, 0.15) is 46.3 Å². The van der Waals surface area contributed by atoms with Crippen LogP contribution in [0.4, 0.5) is 5.69 Å². The molecule has 1 aliphatic rings. The molecular formula is C26H25N3O6S. The fraction of sp³-hybridized carbons (Fsp3) is 0.308. The number of aromatic nitrogens is 2. The number of thiophene rings is 1. The molecule has 1 N–H and O–H groups in total.